The van der Waals surface area contributed by atoms with Gasteiger partial charge in [0.25, 0.3) is 5.91 Å². The minimum Gasteiger partial charge on any atom is -0.480 e. The molecule has 2 unspecified atom stereocenters. The van der Waals surface area contributed by atoms with E-state index >= 15 is 0 Å². The van der Waals surface area contributed by atoms with Gasteiger partial charge >= 0.3 is 12.0 Å². The summed E-state index contributed by atoms with van der Waals surface area (Å²) in [5.41, 5.74) is 0. The molecule has 1 rings (SSSR count). The average Bonchev–Trinajstić information content (AvgIpc) is 2.76. The molecule has 1 saturated carbocycles. The molecule has 3 N–H and O–H groups in total. The van der Waals surface area contributed by atoms with Gasteiger partial charge < -0.3 is 15.2 Å². The number of carboxylic acid groups (broad SMARTS) is 1. The third kappa shape index (κ3) is 6.25. The minimum absolute atomic E-state index is 0.0766. The summed E-state index contributed by atoms with van der Waals surface area (Å²) >= 11 is 1.81. The van der Waals surface area contributed by atoms with E-state index in [4.69, 9.17) is 5.11 Å². The molecule has 0 heterocycles. The van der Waals surface area contributed by atoms with Crippen LogP contribution in [0.25, 0.3) is 0 Å². The summed E-state index contributed by atoms with van der Waals surface area (Å²) in [5, 5.41) is 13.6. The van der Waals surface area contributed by atoms with Gasteiger partial charge in [-0.05, 0) is 18.6 Å². The Bertz CT molecular complexity index is 364. The summed E-state index contributed by atoms with van der Waals surface area (Å²) in [7, 11) is 0. The lowest BCUT2D eigenvalue weighted by atomic mass is 10.2. The molecule has 1 aliphatic carbocycles. The SMILES string of the molecule is CCSC1CCCC1NC(=O)NC(=O)COCC(=O)O. The highest BCUT2D eigenvalue weighted by Crippen LogP contribution is 2.29. The molecular weight excluding hydrogens is 284 g/mol. The first-order valence-electron chi connectivity index (χ1n) is 6.54. The minimum atomic E-state index is -1.16. The number of carboxylic acids is 1. The zero-order valence-electron chi connectivity index (χ0n) is 11.4. The lowest BCUT2D eigenvalue weighted by molar-refractivity contribution is -0.143. The van der Waals surface area contributed by atoms with Crippen LogP contribution in [0, 0.1) is 0 Å². The number of carbonyl (C=O) groups is 3. The largest absolute Gasteiger partial charge is 0.480 e. The Balaban J connectivity index is 2.25. The van der Waals surface area contributed by atoms with Crippen LogP contribution in [0.5, 0.6) is 0 Å². The van der Waals surface area contributed by atoms with Crippen LogP contribution in [-0.2, 0) is 14.3 Å². The van der Waals surface area contributed by atoms with Gasteiger partial charge in [0.1, 0.15) is 13.2 Å². The van der Waals surface area contributed by atoms with E-state index in [2.05, 4.69) is 22.3 Å². The van der Waals surface area contributed by atoms with Crippen molar-refractivity contribution in [3.63, 3.8) is 0 Å². The smallest absolute Gasteiger partial charge is 0.329 e. The maximum Gasteiger partial charge on any atom is 0.329 e. The van der Waals surface area contributed by atoms with Crippen molar-refractivity contribution < 1.29 is 24.2 Å². The molecule has 0 spiro atoms. The normalized spacial score (nSPS) is 21.4. The first kappa shape index (κ1) is 16.8. The quantitative estimate of drug-likeness (QED) is 0.636. The third-order valence-electron chi connectivity index (χ3n) is 2.86. The van der Waals surface area contributed by atoms with E-state index in [1.807, 2.05) is 11.8 Å². The van der Waals surface area contributed by atoms with Gasteiger partial charge in [0, 0.05) is 11.3 Å². The van der Waals surface area contributed by atoms with Crippen LogP contribution in [0.15, 0.2) is 0 Å². The van der Waals surface area contributed by atoms with Crippen molar-refractivity contribution in [1.82, 2.24) is 10.6 Å². The number of urea groups is 1. The zero-order valence-corrected chi connectivity index (χ0v) is 12.2. The first-order chi connectivity index (χ1) is 9.52. The topological polar surface area (TPSA) is 105 Å². The van der Waals surface area contributed by atoms with Crippen molar-refractivity contribution >= 4 is 29.7 Å². The monoisotopic (exact) mass is 304 g/mol. The molecule has 0 radical (unpaired) electrons. The van der Waals surface area contributed by atoms with Crippen molar-refractivity contribution in [2.45, 2.75) is 37.5 Å². The number of imide groups is 1. The fraction of sp³-hybridized carbons (Fsp3) is 0.750. The van der Waals surface area contributed by atoms with Crippen molar-refractivity contribution in [2.24, 2.45) is 0 Å². The fourth-order valence-corrected chi connectivity index (χ4v) is 3.30. The van der Waals surface area contributed by atoms with E-state index < -0.39 is 31.1 Å². The maximum atomic E-state index is 11.6. The van der Waals surface area contributed by atoms with E-state index in [9.17, 15) is 14.4 Å². The molecule has 2 atom stereocenters. The second kappa shape index (κ2) is 8.80. The molecule has 114 valence electrons. The molecule has 8 heteroatoms. The number of hydrogen-bond acceptors (Lipinski definition) is 5. The average molecular weight is 304 g/mol. The van der Waals surface area contributed by atoms with Crippen molar-refractivity contribution in [3.05, 3.63) is 0 Å². The fourth-order valence-electron chi connectivity index (χ4n) is 2.10. The predicted octanol–water partition coefficient (Wildman–Crippen LogP) is 0.588. The lowest BCUT2D eigenvalue weighted by Crippen LogP contribution is -2.47. The van der Waals surface area contributed by atoms with Gasteiger partial charge in [-0.1, -0.05) is 13.3 Å². The molecule has 20 heavy (non-hydrogen) atoms. The molecule has 1 fully saturated rings. The Labute approximate surface area is 121 Å². The second-order valence-corrected chi connectivity index (χ2v) is 5.96. The molecule has 1 aliphatic rings. The molecule has 0 aromatic carbocycles. The van der Waals surface area contributed by atoms with Gasteiger partial charge in [-0.3, -0.25) is 10.1 Å². The van der Waals surface area contributed by atoms with Crippen LogP contribution < -0.4 is 10.6 Å². The van der Waals surface area contributed by atoms with Gasteiger partial charge in [0.15, 0.2) is 0 Å². The number of ether oxygens (including phenoxy) is 1. The molecule has 0 bridgehead atoms. The van der Waals surface area contributed by atoms with E-state index in [-0.39, 0.29) is 6.04 Å². The standard InChI is InChI=1S/C12H20N2O5S/c1-2-20-9-5-3-4-8(9)13-12(18)14-10(15)6-19-7-11(16)17/h8-9H,2-7H2,1H3,(H,16,17)(H2,13,14,15,18). The van der Waals surface area contributed by atoms with Crippen LogP contribution in [0.1, 0.15) is 26.2 Å². The summed E-state index contributed by atoms with van der Waals surface area (Å²) in [6.45, 7) is 1.06. The van der Waals surface area contributed by atoms with Gasteiger partial charge in [-0.15, -0.1) is 0 Å². The molecule has 0 aromatic rings. The molecule has 0 aromatic heterocycles. The molecule has 7 nitrogen and oxygen atoms in total. The predicted molar refractivity (Wildman–Crippen MR) is 74.7 cm³/mol. The number of amides is 3. The highest BCUT2D eigenvalue weighted by atomic mass is 32.2. The number of rotatable bonds is 7. The van der Waals surface area contributed by atoms with Crippen molar-refractivity contribution in [1.29, 1.82) is 0 Å². The summed E-state index contributed by atoms with van der Waals surface area (Å²) in [6.07, 6.45) is 3.05. The van der Waals surface area contributed by atoms with Crippen LogP contribution in [0.4, 0.5) is 4.79 Å². The van der Waals surface area contributed by atoms with E-state index in [1.165, 1.54) is 0 Å². The van der Waals surface area contributed by atoms with Crippen LogP contribution in [0.3, 0.4) is 0 Å². The van der Waals surface area contributed by atoms with Gasteiger partial charge in [0.2, 0.25) is 0 Å². The Morgan fingerprint density at radius 2 is 2.05 bits per heavy atom. The zero-order chi connectivity index (χ0) is 15.0. The summed E-state index contributed by atoms with van der Waals surface area (Å²) in [5.74, 6) is -0.819. The van der Waals surface area contributed by atoms with Crippen molar-refractivity contribution in [2.75, 3.05) is 19.0 Å². The summed E-state index contributed by atoms with van der Waals surface area (Å²) < 4.78 is 4.59. The Kier molecular flexibility index (Phi) is 7.38. The number of nitrogens with one attached hydrogen (secondary N) is 2. The van der Waals surface area contributed by atoms with Gasteiger partial charge in [-0.2, -0.15) is 11.8 Å². The highest BCUT2D eigenvalue weighted by molar-refractivity contribution is 7.99. The number of carbonyl (C=O) groups excluding carboxylic acids is 2. The van der Waals surface area contributed by atoms with Crippen LogP contribution in [-0.4, -0.2) is 53.3 Å². The third-order valence-corrected chi connectivity index (χ3v) is 4.19. The number of thioether (sulfide) groups is 1. The van der Waals surface area contributed by atoms with Crippen molar-refractivity contribution in [3.8, 4) is 0 Å². The van der Waals surface area contributed by atoms with Crippen LogP contribution >= 0.6 is 11.8 Å². The van der Waals surface area contributed by atoms with Gasteiger partial charge in [-0.25, -0.2) is 9.59 Å². The molecule has 0 saturated heterocycles. The van der Waals surface area contributed by atoms with E-state index in [1.54, 1.807) is 0 Å². The summed E-state index contributed by atoms with van der Waals surface area (Å²) in [6, 6.07) is -0.477. The van der Waals surface area contributed by atoms with Crippen LogP contribution in [0.2, 0.25) is 0 Å². The maximum absolute atomic E-state index is 11.6. The second-order valence-electron chi connectivity index (χ2n) is 4.44. The molecular formula is C12H20N2O5S. The highest BCUT2D eigenvalue weighted by Gasteiger charge is 2.28. The Morgan fingerprint density at radius 3 is 2.70 bits per heavy atom. The Morgan fingerprint density at radius 1 is 1.30 bits per heavy atom. The lowest BCUT2D eigenvalue weighted by Gasteiger charge is -2.20. The van der Waals surface area contributed by atoms with E-state index in [0.717, 1.165) is 25.0 Å². The van der Waals surface area contributed by atoms with Gasteiger partial charge in [0.05, 0.1) is 0 Å². The molecule has 3 amide bonds. The summed E-state index contributed by atoms with van der Waals surface area (Å²) in [4.78, 5) is 33.1. The first-order valence-corrected chi connectivity index (χ1v) is 7.59. The number of aliphatic carboxylic acids is 1. The Hall–Kier alpha value is -1.28. The number of hydrogen-bond donors (Lipinski definition) is 3. The molecule has 0 aliphatic heterocycles. The van der Waals surface area contributed by atoms with E-state index in [0.29, 0.717) is 5.25 Å².